The Morgan fingerprint density at radius 3 is 2.69 bits per heavy atom. The van der Waals surface area contributed by atoms with Crippen LogP contribution in [0.15, 0.2) is 12.1 Å². The third-order valence-electron chi connectivity index (χ3n) is 3.00. The Hall–Kier alpha value is -1.45. The lowest BCUT2D eigenvalue weighted by molar-refractivity contribution is 0.0694. The average Bonchev–Trinajstić information content (AvgIpc) is 2.14. The van der Waals surface area contributed by atoms with Gasteiger partial charge in [-0.1, -0.05) is 11.5 Å². The molecule has 0 spiro atoms. The smallest absolute Gasteiger partial charge is 0.336 e. The Bertz CT molecular complexity index is 425. The van der Waals surface area contributed by atoms with Crippen LogP contribution in [0.5, 0.6) is 5.75 Å². The van der Waals surface area contributed by atoms with Gasteiger partial charge >= 0.3 is 5.97 Å². The van der Waals surface area contributed by atoms with Gasteiger partial charge in [0.15, 0.2) is 0 Å². The van der Waals surface area contributed by atoms with Gasteiger partial charge in [-0.15, -0.1) is 0 Å². The van der Waals surface area contributed by atoms with E-state index in [0.29, 0.717) is 16.8 Å². The molecule has 82 valence electrons. The van der Waals surface area contributed by atoms with Gasteiger partial charge in [-0.2, -0.15) is 0 Å². The zero-order valence-corrected chi connectivity index (χ0v) is 9.19. The summed E-state index contributed by atoms with van der Waals surface area (Å²) >= 11 is 0. The molecule has 1 aliphatic carbocycles. The van der Waals surface area contributed by atoms with Gasteiger partial charge < -0.3 is 9.84 Å². The zero-order chi connectivity index (χ0) is 11.7. The molecule has 2 radical (unpaired) electrons. The molecule has 1 aliphatic rings. The van der Waals surface area contributed by atoms with Crippen molar-refractivity contribution in [3.8, 4) is 5.75 Å². The standard InChI is InChI=1S/C12H13BO3/c1-7-9(12(14)15)5-6-10(13)11(7)16-8-3-2-4-8/h5-6,8H,2-4H2,1H3,(H,14,15). The van der Waals surface area contributed by atoms with Crippen molar-refractivity contribution in [1.29, 1.82) is 0 Å². The van der Waals surface area contributed by atoms with Crippen molar-refractivity contribution in [2.24, 2.45) is 0 Å². The molecule has 1 aromatic carbocycles. The maximum atomic E-state index is 11.0. The second-order valence-corrected chi connectivity index (χ2v) is 4.13. The summed E-state index contributed by atoms with van der Waals surface area (Å²) in [6, 6.07) is 3.10. The molecule has 0 bridgehead atoms. The van der Waals surface area contributed by atoms with E-state index in [1.165, 1.54) is 12.5 Å². The molecule has 1 saturated carbocycles. The zero-order valence-electron chi connectivity index (χ0n) is 9.19. The molecule has 4 heteroatoms. The van der Waals surface area contributed by atoms with E-state index >= 15 is 0 Å². The minimum absolute atomic E-state index is 0.199. The van der Waals surface area contributed by atoms with E-state index in [0.717, 1.165) is 12.8 Å². The van der Waals surface area contributed by atoms with Crippen molar-refractivity contribution in [3.05, 3.63) is 23.3 Å². The van der Waals surface area contributed by atoms with E-state index in [1.807, 2.05) is 0 Å². The predicted octanol–water partition coefficient (Wildman–Crippen LogP) is 1.42. The van der Waals surface area contributed by atoms with Gasteiger partial charge in [0.25, 0.3) is 0 Å². The molecule has 0 aromatic heterocycles. The van der Waals surface area contributed by atoms with Crippen LogP contribution >= 0.6 is 0 Å². The molecule has 1 N–H and O–H groups in total. The number of rotatable bonds is 3. The van der Waals surface area contributed by atoms with Crippen molar-refractivity contribution in [3.63, 3.8) is 0 Å². The van der Waals surface area contributed by atoms with Crippen LogP contribution < -0.4 is 10.2 Å². The van der Waals surface area contributed by atoms with E-state index in [-0.39, 0.29) is 11.7 Å². The van der Waals surface area contributed by atoms with Crippen molar-refractivity contribution in [1.82, 2.24) is 0 Å². The normalized spacial score (nSPS) is 15.6. The van der Waals surface area contributed by atoms with E-state index in [2.05, 4.69) is 0 Å². The molecule has 0 amide bonds. The lowest BCUT2D eigenvalue weighted by Gasteiger charge is -2.28. The largest absolute Gasteiger partial charge is 0.491 e. The molecule has 0 unspecified atom stereocenters. The maximum Gasteiger partial charge on any atom is 0.336 e. The van der Waals surface area contributed by atoms with E-state index in [1.54, 1.807) is 13.0 Å². The maximum absolute atomic E-state index is 11.0. The monoisotopic (exact) mass is 216 g/mol. The van der Waals surface area contributed by atoms with E-state index < -0.39 is 5.97 Å². The molecular formula is C12H13BO3. The number of hydrogen-bond donors (Lipinski definition) is 1. The van der Waals surface area contributed by atoms with Crippen molar-refractivity contribution >= 4 is 19.3 Å². The summed E-state index contributed by atoms with van der Waals surface area (Å²) in [7, 11) is 5.80. The molecule has 0 heterocycles. The first-order chi connectivity index (χ1) is 7.59. The average molecular weight is 216 g/mol. The summed E-state index contributed by atoms with van der Waals surface area (Å²) in [5, 5.41) is 8.99. The summed E-state index contributed by atoms with van der Waals surface area (Å²) in [6.45, 7) is 1.73. The molecule has 0 saturated heterocycles. The molecule has 1 fully saturated rings. The first-order valence-electron chi connectivity index (χ1n) is 5.38. The van der Waals surface area contributed by atoms with Gasteiger partial charge in [0, 0.05) is 5.56 Å². The van der Waals surface area contributed by atoms with Crippen LogP contribution in [0.1, 0.15) is 35.2 Å². The number of hydrogen-bond acceptors (Lipinski definition) is 2. The number of carboxylic acids is 1. The summed E-state index contributed by atoms with van der Waals surface area (Å²) in [5.41, 5.74) is 1.37. The highest BCUT2D eigenvalue weighted by Gasteiger charge is 2.22. The molecule has 3 nitrogen and oxygen atoms in total. The van der Waals surface area contributed by atoms with Gasteiger partial charge in [-0.3, -0.25) is 0 Å². The Morgan fingerprint density at radius 1 is 1.50 bits per heavy atom. The van der Waals surface area contributed by atoms with Crippen LogP contribution in [0.4, 0.5) is 0 Å². The highest BCUT2D eigenvalue weighted by molar-refractivity contribution is 6.34. The van der Waals surface area contributed by atoms with Crippen molar-refractivity contribution in [2.45, 2.75) is 32.3 Å². The molecule has 0 aliphatic heterocycles. The van der Waals surface area contributed by atoms with Gasteiger partial charge in [0.2, 0.25) is 0 Å². The van der Waals surface area contributed by atoms with Crippen LogP contribution in [0, 0.1) is 6.92 Å². The number of aromatic carboxylic acids is 1. The second-order valence-electron chi connectivity index (χ2n) is 4.13. The highest BCUT2D eigenvalue weighted by atomic mass is 16.5. The Labute approximate surface area is 95.8 Å². The van der Waals surface area contributed by atoms with Crippen LogP contribution in [0.2, 0.25) is 0 Å². The summed E-state index contributed by atoms with van der Waals surface area (Å²) in [5.74, 6) is -0.416. The van der Waals surface area contributed by atoms with Gasteiger partial charge in [0.05, 0.1) is 11.7 Å². The number of ether oxygens (including phenoxy) is 1. The molecule has 1 aromatic rings. The Balaban J connectivity index is 2.33. The molecule has 16 heavy (non-hydrogen) atoms. The quantitative estimate of drug-likeness (QED) is 0.777. The minimum Gasteiger partial charge on any atom is -0.491 e. The van der Waals surface area contributed by atoms with Gasteiger partial charge in [-0.05, 0) is 32.3 Å². The summed E-state index contributed by atoms with van der Waals surface area (Å²) < 4.78 is 5.71. The number of carboxylic acid groups (broad SMARTS) is 1. The third-order valence-corrected chi connectivity index (χ3v) is 3.00. The fourth-order valence-corrected chi connectivity index (χ4v) is 1.76. The first-order valence-corrected chi connectivity index (χ1v) is 5.38. The number of benzene rings is 1. The summed E-state index contributed by atoms with van der Waals surface area (Å²) in [6.07, 6.45) is 3.42. The van der Waals surface area contributed by atoms with Crippen molar-refractivity contribution < 1.29 is 14.6 Å². The lowest BCUT2D eigenvalue weighted by Crippen LogP contribution is -2.28. The summed E-state index contributed by atoms with van der Waals surface area (Å²) in [4.78, 5) is 11.0. The van der Waals surface area contributed by atoms with Crippen LogP contribution in [0.3, 0.4) is 0 Å². The molecule has 0 atom stereocenters. The lowest BCUT2D eigenvalue weighted by atomic mass is 9.89. The highest BCUT2D eigenvalue weighted by Crippen LogP contribution is 2.27. The Kier molecular flexibility index (Phi) is 2.90. The molecular weight excluding hydrogens is 203 g/mol. The van der Waals surface area contributed by atoms with Crippen LogP contribution in [-0.2, 0) is 0 Å². The van der Waals surface area contributed by atoms with Crippen LogP contribution in [-0.4, -0.2) is 25.0 Å². The van der Waals surface area contributed by atoms with E-state index in [4.69, 9.17) is 17.7 Å². The number of carbonyl (C=O) groups is 1. The first kappa shape index (κ1) is 11.1. The SMILES string of the molecule is [B]c1ccc(C(=O)O)c(C)c1OC1CCC1. The van der Waals surface area contributed by atoms with Gasteiger partial charge in [-0.25, -0.2) is 4.79 Å². The minimum atomic E-state index is -0.948. The predicted molar refractivity (Wildman–Crippen MR) is 61.8 cm³/mol. The fourth-order valence-electron chi connectivity index (χ4n) is 1.76. The topological polar surface area (TPSA) is 46.5 Å². The van der Waals surface area contributed by atoms with Crippen LogP contribution in [0.25, 0.3) is 0 Å². The molecule has 2 rings (SSSR count). The second kappa shape index (κ2) is 4.20. The fraction of sp³-hybridized carbons (Fsp3) is 0.417. The van der Waals surface area contributed by atoms with Crippen molar-refractivity contribution in [2.75, 3.05) is 0 Å². The van der Waals surface area contributed by atoms with E-state index in [9.17, 15) is 4.79 Å². The Morgan fingerprint density at radius 2 is 2.19 bits per heavy atom. The third kappa shape index (κ3) is 1.92. The van der Waals surface area contributed by atoms with Gasteiger partial charge in [0.1, 0.15) is 13.6 Å².